The normalized spacial score (nSPS) is 14.5. The molecule has 0 unspecified atom stereocenters. The lowest BCUT2D eigenvalue weighted by Crippen LogP contribution is -3.00. The number of ether oxygens (including phenoxy) is 1. The van der Waals surface area contributed by atoms with E-state index in [1.807, 2.05) is 48.5 Å². The fourth-order valence-corrected chi connectivity index (χ4v) is 4.69. The Balaban J connectivity index is 0.00000420. The molecule has 2 amide bonds. The molecule has 8 heteroatoms. The lowest BCUT2D eigenvalue weighted by atomic mass is 9.99. The molecule has 3 aromatic carbocycles. The van der Waals surface area contributed by atoms with E-state index in [0.717, 1.165) is 53.4 Å². The van der Waals surface area contributed by atoms with Crippen LogP contribution in [-0.4, -0.2) is 56.1 Å². The van der Waals surface area contributed by atoms with Crippen molar-refractivity contribution in [3.8, 4) is 11.1 Å². The van der Waals surface area contributed by atoms with Crippen LogP contribution in [0.3, 0.4) is 0 Å². The van der Waals surface area contributed by atoms with Crippen LogP contribution in [-0.2, 0) is 16.0 Å². The highest BCUT2D eigenvalue weighted by Crippen LogP contribution is 2.30. The van der Waals surface area contributed by atoms with Crippen LogP contribution in [0.5, 0.6) is 0 Å². The molecule has 1 aliphatic heterocycles. The number of anilines is 2. The van der Waals surface area contributed by atoms with E-state index in [2.05, 4.69) is 24.7 Å². The van der Waals surface area contributed by atoms with Crippen molar-refractivity contribution in [2.45, 2.75) is 38.2 Å². The zero-order chi connectivity index (χ0) is 27.0. The zero-order valence-corrected chi connectivity index (χ0v) is 24.6. The summed E-state index contributed by atoms with van der Waals surface area (Å²) in [6.07, 6.45) is 3.68. The van der Waals surface area contributed by atoms with E-state index in [0.29, 0.717) is 36.2 Å². The number of hydrogen-bond donors (Lipinski definition) is 2. The van der Waals surface area contributed by atoms with Crippen LogP contribution in [0.2, 0.25) is 0 Å². The van der Waals surface area contributed by atoms with Crippen molar-refractivity contribution in [3.63, 3.8) is 0 Å². The maximum absolute atomic E-state index is 12.8. The molecular formula is C31H36IN3O4. The predicted octanol–water partition coefficient (Wildman–Crippen LogP) is 2.92. The molecule has 0 aliphatic carbocycles. The molecule has 0 saturated carbocycles. The van der Waals surface area contributed by atoms with Crippen molar-refractivity contribution < 1.29 is 47.6 Å². The maximum Gasteiger partial charge on any atom is 0.411 e. The fraction of sp³-hybridized carbons (Fsp3) is 0.323. The van der Waals surface area contributed by atoms with Gasteiger partial charge in [-0.2, -0.15) is 0 Å². The Morgan fingerprint density at radius 3 is 2.31 bits per heavy atom. The highest BCUT2D eigenvalue weighted by Gasteiger charge is 2.28. The molecule has 39 heavy (non-hydrogen) atoms. The zero-order valence-electron chi connectivity index (χ0n) is 22.5. The minimum Gasteiger partial charge on any atom is -1.00 e. The first-order valence-electron chi connectivity index (χ1n) is 13.1. The summed E-state index contributed by atoms with van der Waals surface area (Å²) in [6, 6.07) is 22.7. The molecule has 1 aliphatic rings. The van der Waals surface area contributed by atoms with E-state index >= 15 is 0 Å². The summed E-state index contributed by atoms with van der Waals surface area (Å²) in [5.74, 6) is -0.0824. The van der Waals surface area contributed by atoms with Gasteiger partial charge in [-0.05, 0) is 54.3 Å². The Morgan fingerprint density at radius 2 is 1.64 bits per heavy atom. The number of nitrogens with zero attached hydrogens (tertiary/aromatic N) is 1. The Bertz CT molecular complexity index is 1250. The predicted molar refractivity (Wildman–Crippen MR) is 150 cm³/mol. The second-order valence-electron chi connectivity index (χ2n) is 10.5. The first-order chi connectivity index (χ1) is 18.3. The maximum atomic E-state index is 12.8. The number of nitrogens with one attached hydrogen (secondary N) is 2. The van der Waals surface area contributed by atoms with Gasteiger partial charge in [-0.25, -0.2) is 4.79 Å². The average molecular weight is 642 g/mol. The highest BCUT2D eigenvalue weighted by molar-refractivity contribution is 5.92. The molecule has 1 heterocycles. The van der Waals surface area contributed by atoms with E-state index < -0.39 is 6.09 Å². The van der Waals surface area contributed by atoms with Crippen LogP contribution in [0.25, 0.3) is 11.1 Å². The molecular weight excluding hydrogens is 605 g/mol. The number of quaternary nitrogens is 1. The molecule has 0 radical (unpaired) electrons. The van der Waals surface area contributed by atoms with Crippen molar-refractivity contribution in [3.05, 3.63) is 83.9 Å². The van der Waals surface area contributed by atoms with E-state index in [-0.39, 0.29) is 36.0 Å². The molecule has 0 bridgehead atoms. The molecule has 0 aromatic heterocycles. The Kier molecular flexibility index (Phi) is 11.1. The Hall–Kier alpha value is -3.24. The number of halogens is 1. The molecule has 3 aromatic rings. The largest absolute Gasteiger partial charge is 1.00 e. The number of aldehydes is 1. The van der Waals surface area contributed by atoms with Gasteiger partial charge in [-0.3, -0.25) is 14.9 Å². The summed E-state index contributed by atoms with van der Waals surface area (Å²) < 4.78 is 6.72. The number of benzene rings is 3. The summed E-state index contributed by atoms with van der Waals surface area (Å²) >= 11 is 0. The molecule has 1 fully saturated rings. The third kappa shape index (κ3) is 9.18. The fourth-order valence-electron chi connectivity index (χ4n) is 4.69. The summed E-state index contributed by atoms with van der Waals surface area (Å²) in [4.78, 5) is 36.0. The monoisotopic (exact) mass is 641 g/mol. The number of hydrogen-bond acceptors (Lipinski definition) is 4. The molecule has 7 nitrogen and oxygen atoms in total. The van der Waals surface area contributed by atoms with Crippen molar-refractivity contribution in [2.75, 3.05) is 37.8 Å². The van der Waals surface area contributed by atoms with Crippen LogP contribution in [0, 0.1) is 0 Å². The molecule has 1 saturated heterocycles. The van der Waals surface area contributed by atoms with Crippen molar-refractivity contribution >= 4 is 29.7 Å². The number of likely N-dealkylation sites (tertiary alicyclic amines) is 1. The summed E-state index contributed by atoms with van der Waals surface area (Å²) in [6.45, 7) is 1.97. The second-order valence-corrected chi connectivity index (χ2v) is 10.5. The number of amides is 2. The van der Waals surface area contributed by atoms with Gasteiger partial charge in [-0.15, -0.1) is 0 Å². The van der Waals surface area contributed by atoms with E-state index in [4.69, 9.17) is 4.74 Å². The first kappa shape index (κ1) is 30.3. The third-order valence-electron chi connectivity index (χ3n) is 6.99. The average Bonchev–Trinajstić information content (AvgIpc) is 2.91. The summed E-state index contributed by atoms with van der Waals surface area (Å²) in [7, 11) is 4.40. The van der Waals surface area contributed by atoms with Crippen molar-refractivity contribution in [1.29, 1.82) is 0 Å². The van der Waals surface area contributed by atoms with E-state index in [1.54, 1.807) is 24.3 Å². The Morgan fingerprint density at radius 1 is 0.949 bits per heavy atom. The molecule has 0 atom stereocenters. The second kappa shape index (κ2) is 14.2. The van der Waals surface area contributed by atoms with E-state index in [1.165, 1.54) is 0 Å². The first-order valence-corrected chi connectivity index (χ1v) is 13.1. The summed E-state index contributed by atoms with van der Waals surface area (Å²) in [5.41, 5.74) is 4.89. The van der Waals surface area contributed by atoms with Gasteiger partial charge in [0.2, 0.25) is 5.91 Å². The van der Waals surface area contributed by atoms with Gasteiger partial charge in [0.25, 0.3) is 0 Å². The standard InChI is InChI=1S/C31H35N3O4.HI/c1-34(2)19-17-27(18-20-34)38-31(37)33-29-21-23(13-16-28(29)25-8-4-3-5-9-25)7-6-10-30(36)32-26-14-11-24(22-35)12-15-26;/h3-5,8-9,11-16,21-22,27H,6-7,10,17-20H2,1-2H3,(H-,32,33,35,36,37);1H. The molecule has 2 N–H and O–H groups in total. The SMILES string of the molecule is C[N+]1(C)CCC(OC(=O)Nc2cc(CCCC(=O)Nc3ccc(C=O)cc3)ccc2-c2ccccc2)CC1.[I-]. The van der Waals surface area contributed by atoms with Crippen LogP contribution in [0.15, 0.2) is 72.8 Å². The van der Waals surface area contributed by atoms with Crippen LogP contribution in [0.1, 0.15) is 41.6 Å². The summed E-state index contributed by atoms with van der Waals surface area (Å²) in [5, 5.41) is 5.85. The van der Waals surface area contributed by atoms with Gasteiger partial charge in [0.1, 0.15) is 12.4 Å². The van der Waals surface area contributed by atoms with E-state index in [9.17, 15) is 14.4 Å². The Labute approximate surface area is 247 Å². The number of piperidine rings is 1. The minimum atomic E-state index is -0.434. The molecule has 206 valence electrons. The lowest BCUT2D eigenvalue weighted by Gasteiger charge is -2.36. The third-order valence-corrected chi connectivity index (χ3v) is 6.99. The molecule has 4 rings (SSSR count). The topological polar surface area (TPSA) is 84.5 Å². The lowest BCUT2D eigenvalue weighted by molar-refractivity contribution is -0.896. The number of aryl methyl sites for hydroxylation is 1. The van der Waals surface area contributed by atoms with Crippen LogP contribution in [0.4, 0.5) is 16.2 Å². The van der Waals surface area contributed by atoms with Gasteiger partial charge in [0, 0.05) is 36.1 Å². The quantitative estimate of drug-likeness (QED) is 0.214. The van der Waals surface area contributed by atoms with Crippen molar-refractivity contribution in [1.82, 2.24) is 0 Å². The van der Waals surface area contributed by atoms with Gasteiger partial charge < -0.3 is 38.5 Å². The number of rotatable bonds is 9. The smallest absolute Gasteiger partial charge is 0.411 e. The van der Waals surface area contributed by atoms with Crippen LogP contribution < -0.4 is 34.6 Å². The van der Waals surface area contributed by atoms with Gasteiger partial charge in [-0.1, -0.05) is 42.5 Å². The van der Waals surface area contributed by atoms with Crippen molar-refractivity contribution in [2.24, 2.45) is 0 Å². The van der Waals surface area contributed by atoms with Gasteiger partial charge in [0.15, 0.2) is 0 Å². The highest BCUT2D eigenvalue weighted by atomic mass is 127. The number of carbonyl (C=O) groups excluding carboxylic acids is 3. The van der Waals surface area contributed by atoms with Gasteiger partial charge >= 0.3 is 6.09 Å². The minimum absolute atomic E-state index is 0. The van der Waals surface area contributed by atoms with Gasteiger partial charge in [0.05, 0.1) is 32.9 Å². The number of carbonyl (C=O) groups is 3. The molecule has 0 spiro atoms. The van der Waals surface area contributed by atoms with Crippen LogP contribution >= 0.6 is 0 Å².